The molecule has 0 spiro atoms. The van der Waals surface area contributed by atoms with Gasteiger partial charge in [-0.25, -0.2) is 13.4 Å². The molecule has 0 aromatic carbocycles. The van der Waals surface area contributed by atoms with Gasteiger partial charge in [0.15, 0.2) is 5.03 Å². The molecule has 0 aliphatic heterocycles. The second-order valence-electron chi connectivity index (χ2n) is 3.72. The first-order valence-corrected chi connectivity index (χ1v) is 7.30. The Labute approximate surface area is 110 Å². The number of sulfonamides is 1. The lowest BCUT2D eigenvalue weighted by Gasteiger charge is -2.18. The van der Waals surface area contributed by atoms with Gasteiger partial charge in [-0.2, -0.15) is 4.31 Å². The van der Waals surface area contributed by atoms with Crippen molar-refractivity contribution < 1.29 is 13.2 Å². The lowest BCUT2D eigenvalue weighted by molar-refractivity contribution is 0.195. The van der Waals surface area contributed by atoms with E-state index < -0.39 is 10.0 Å². The third-order valence-corrected chi connectivity index (χ3v) is 4.42. The van der Waals surface area contributed by atoms with Crippen LogP contribution in [0.15, 0.2) is 17.6 Å². The van der Waals surface area contributed by atoms with Crippen molar-refractivity contribution in [3.8, 4) is 0 Å². The normalized spacial score (nSPS) is 14.2. The first kappa shape index (κ1) is 14.6. The predicted molar refractivity (Wildman–Crippen MR) is 67.6 cm³/mol. The Bertz CT molecular complexity index is 460. The molecule has 98 valence electrons. The summed E-state index contributed by atoms with van der Waals surface area (Å²) in [6.07, 6.45) is 2.94. The number of methoxy groups -OCH3 is 1. The summed E-state index contributed by atoms with van der Waals surface area (Å²) < 4.78 is 31.9. The zero-order chi connectivity index (χ0) is 13.1. The molecule has 1 aromatic rings. The number of halogens is 1. The van der Waals surface area contributed by atoms with Gasteiger partial charge in [-0.1, -0.05) is 15.9 Å². The summed E-state index contributed by atoms with van der Waals surface area (Å²) in [6.45, 7) is 0.773. The minimum absolute atomic E-state index is 0.0454. The van der Waals surface area contributed by atoms with Gasteiger partial charge in [0.1, 0.15) is 0 Å². The van der Waals surface area contributed by atoms with Crippen LogP contribution in [0.25, 0.3) is 0 Å². The molecule has 0 fully saturated rings. The van der Waals surface area contributed by atoms with Crippen molar-refractivity contribution in [3.63, 3.8) is 0 Å². The van der Waals surface area contributed by atoms with Crippen LogP contribution < -0.4 is 0 Å². The quantitative estimate of drug-likeness (QED) is 0.712. The minimum atomic E-state index is -3.52. The highest BCUT2D eigenvalue weighted by Crippen LogP contribution is 2.13. The highest BCUT2D eigenvalue weighted by Gasteiger charge is 2.24. The fourth-order valence-corrected chi connectivity index (χ4v) is 3.36. The molecule has 17 heavy (non-hydrogen) atoms. The molecule has 0 saturated heterocycles. The monoisotopic (exact) mass is 325 g/mol. The van der Waals surface area contributed by atoms with Crippen molar-refractivity contribution in [2.24, 2.45) is 7.05 Å². The molecule has 0 aliphatic rings. The summed E-state index contributed by atoms with van der Waals surface area (Å²) in [4.78, 5) is 3.80. The second-order valence-corrected chi connectivity index (χ2v) is 7.00. The van der Waals surface area contributed by atoms with Crippen molar-refractivity contribution in [1.82, 2.24) is 13.9 Å². The molecule has 0 aliphatic carbocycles. The van der Waals surface area contributed by atoms with Gasteiger partial charge < -0.3 is 9.30 Å². The number of imidazole rings is 1. The number of alkyl halides is 1. The van der Waals surface area contributed by atoms with Crippen LogP contribution >= 0.6 is 15.9 Å². The molecular formula is C9H16BrN3O3S. The molecule has 0 bridgehead atoms. The van der Waals surface area contributed by atoms with Gasteiger partial charge in [0.2, 0.25) is 0 Å². The lowest BCUT2D eigenvalue weighted by atomic mass is 10.4. The SMILES string of the molecule is COCC(Br)CN(C)S(=O)(=O)c1cn(C)cn1. The number of rotatable bonds is 6. The number of ether oxygens (including phenoxy) is 1. The van der Waals surface area contributed by atoms with Crippen LogP contribution in [0.5, 0.6) is 0 Å². The molecule has 1 unspecified atom stereocenters. The number of aromatic nitrogens is 2. The van der Waals surface area contributed by atoms with Gasteiger partial charge in [0, 0.05) is 33.9 Å². The summed E-state index contributed by atoms with van der Waals surface area (Å²) in [5.41, 5.74) is 0. The maximum atomic E-state index is 12.1. The predicted octanol–water partition coefficient (Wildman–Crippen LogP) is 0.450. The van der Waals surface area contributed by atoms with Crippen molar-refractivity contribution >= 4 is 26.0 Å². The molecule has 0 amide bonds. The Hall–Kier alpha value is -0.440. The maximum Gasteiger partial charge on any atom is 0.261 e. The fourth-order valence-electron chi connectivity index (χ4n) is 1.29. The van der Waals surface area contributed by atoms with Gasteiger partial charge in [0.25, 0.3) is 10.0 Å². The fraction of sp³-hybridized carbons (Fsp3) is 0.667. The number of nitrogens with zero attached hydrogens (tertiary/aromatic N) is 3. The molecule has 8 heteroatoms. The van der Waals surface area contributed by atoms with E-state index in [0.29, 0.717) is 13.2 Å². The average molecular weight is 326 g/mol. The van der Waals surface area contributed by atoms with Crippen LogP contribution in [0.1, 0.15) is 0 Å². The second kappa shape index (κ2) is 5.94. The van der Waals surface area contributed by atoms with Gasteiger partial charge >= 0.3 is 0 Å². The summed E-state index contributed by atoms with van der Waals surface area (Å²) in [7, 11) is 1.30. The van der Waals surface area contributed by atoms with Gasteiger partial charge in [-0.05, 0) is 0 Å². The van der Waals surface area contributed by atoms with Crippen molar-refractivity contribution in [2.45, 2.75) is 9.85 Å². The van der Waals surface area contributed by atoms with E-state index in [2.05, 4.69) is 20.9 Å². The van der Waals surface area contributed by atoms with Crippen LogP contribution in [0.4, 0.5) is 0 Å². The molecule has 1 rings (SSSR count). The molecule has 1 aromatic heterocycles. The van der Waals surface area contributed by atoms with Crippen LogP contribution in [-0.4, -0.2) is 54.4 Å². The minimum Gasteiger partial charge on any atom is -0.383 e. The van der Waals surface area contributed by atoms with E-state index in [9.17, 15) is 8.42 Å². The Morgan fingerprint density at radius 1 is 1.65 bits per heavy atom. The highest BCUT2D eigenvalue weighted by molar-refractivity contribution is 9.09. The zero-order valence-electron chi connectivity index (χ0n) is 10.00. The van der Waals surface area contributed by atoms with E-state index in [-0.39, 0.29) is 9.85 Å². The standard InChI is InChI=1S/C9H16BrN3O3S/c1-12-5-9(11-7-12)17(14,15)13(2)4-8(10)6-16-3/h5,7-8H,4,6H2,1-3H3. The van der Waals surface area contributed by atoms with Gasteiger partial charge in [0.05, 0.1) is 17.8 Å². The van der Waals surface area contributed by atoms with Crippen LogP contribution in [0.3, 0.4) is 0 Å². The molecule has 0 N–H and O–H groups in total. The van der Waals surface area contributed by atoms with Gasteiger partial charge in [-0.3, -0.25) is 0 Å². The third-order valence-electron chi connectivity index (χ3n) is 2.16. The Morgan fingerprint density at radius 2 is 2.29 bits per heavy atom. The summed E-state index contributed by atoms with van der Waals surface area (Å²) >= 11 is 3.35. The molecule has 0 saturated carbocycles. The smallest absolute Gasteiger partial charge is 0.261 e. The lowest BCUT2D eigenvalue weighted by Crippen LogP contribution is -2.34. The van der Waals surface area contributed by atoms with Crippen LogP contribution in [0.2, 0.25) is 0 Å². The molecular weight excluding hydrogens is 310 g/mol. The number of aryl methyl sites for hydroxylation is 1. The van der Waals surface area contributed by atoms with Crippen LogP contribution in [-0.2, 0) is 21.8 Å². The van der Waals surface area contributed by atoms with Gasteiger partial charge in [-0.15, -0.1) is 0 Å². The van der Waals surface area contributed by atoms with E-state index in [1.54, 1.807) is 18.7 Å². The van der Waals surface area contributed by atoms with E-state index in [1.165, 1.54) is 23.9 Å². The molecule has 1 heterocycles. The van der Waals surface area contributed by atoms with E-state index in [4.69, 9.17) is 4.74 Å². The van der Waals surface area contributed by atoms with Crippen LogP contribution in [0, 0.1) is 0 Å². The number of hydrogen-bond donors (Lipinski definition) is 0. The first-order chi connectivity index (χ1) is 7.87. The first-order valence-electron chi connectivity index (χ1n) is 4.95. The summed E-state index contributed by atoms with van der Waals surface area (Å²) in [5.74, 6) is 0. The molecule has 1 atom stereocenters. The Balaban J connectivity index is 2.77. The maximum absolute atomic E-state index is 12.1. The van der Waals surface area contributed by atoms with E-state index >= 15 is 0 Å². The third kappa shape index (κ3) is 3.77. The molecule has 0 radical (unpaired) electrons. The molecule has 6 nitrogen and oxygen atoms in total. The Morgan fingerprint density at radius 3 is 2.76 bits per heavy atom. The Kier molecular flexibility index (Phi) is 5.11. The highest BCUT2D eigenvalue weighted by atomic mass is 79.9. The zero-order valence-corrected chi connectivity index (χ0v) is 12.4. The van der Waals surface area contributed by atoms with Crippen molar-refractivity contribution in [2.75, 3.05) is 27.3 Å². The largest absolute Gasteiger partial charge is 0.383 e. The van der Waals surface area contributed by atoms with Crippen molar-refractivity contribution in [3.05, 3.63) is 12.5 Å². The van der Waals surface area contributed by atoms with Crippen molar-refractivity contribution in [1.29, 1.82) is 0 Å². The van der Waals surface area contributed by atoms with E-state index in [1.807, 2.05) is 0 Å². The van der Waals surface area contributed by atoms with E-state index in [0.717, 1.165) is 0 Å². The average Bonchev–Trinajstić information content (AvgIpc) is 2.65. The summed E-state index contributed by atoms with van der Waals surface area (Å²) in [5, 5.41) is 0.0552. The summed E-state index contributed by atoms with van der Waals surface area (Å²) in [6, 6.07) is 0. The number of hydrogen-bond acceptors (Lipinski definition) is 4. The topological polar surface area (TPSA) is 64.4 Å².